The number of amides is 1. The number of carbonyl (C=O) groups is 1. The molecule has 6 nitrogen and oxygen atoms in total. The minimum atomic E-state index is -3.67. The molecule has 0 aliphatic carbocycles. The third kappa shape index (κ3) is 4.60. The van der Waals surface area contributed by atoms with Gasteiger partial charge in [0.05, 0.1) is 6.54 Å². The first-order valence-electron chi connectivity index (χ1n) is 9.44. The van der Waals surface area contributed by atoms with Gasteiger partial charge in [-0.1, -0.05) is 48.0 Å². The molecular weight excluding hydrogens is 374 g/mol. The Morgan fingerprint density at radius 3 is 2.25 bits per heavy atom. The number of nitrogens with zero attached hydrogens (tertiary/aromatic N) is 2. The first kappa shape index (κ1) is 20.5. The van der Waals surface area contributed by atoms with Crippen molar-refractivity contribution >= 4 is 21.8 Å². The summed E-state index contributed by atoms with van der Waals surface area (Å²) >= 11 is 0. The number of hydrogen-bond acceptors (Lipinski definition) is 3. The van der Waals surface area contributed by atoms with Gasteiger partial charge in [-0.15, -0.1) is 0 Å². The molecule has 2 aromatic rings. The van der Waals surface area contributed by atoms with E-state index in [-0.39, 0.29) is 12.5 Å². The van der Waals surface area contributed by atoms with Crippen LogP contribution >= 0.6 is 0 Å². The zero-order chi connectivity index (χ0) is 20.3. The van der Waals surface area contributed by atoms with Crippen molar-refractivity contribution in [2.24, 2.45) is 0 Å². The summed E-state index contributed by atoms with van der Waals surface area (Å²) in [7, 11) is -3.67. The van der Waals surface area contributed by atoms with Crippen LogP contribution in [0.25, 0.3) is 0 Å². The lowest BCUT2D eigenvalue weighted by atomic mass is 10.1. The van der Waals surface area contributed by atoms with Crippen LogP contribution in [-0.4, -0.2) is 42.6 Å². The summed E-state index contributed by atoms with van der Waals surface area (Å²) in [5.41, 5.74) is 4.76. The molecule has 0 radical (unpaired) electrons. The zero-order valence-electron chi connectivity index (χ0n) is 16.6. The van der Waals surface area contributed by atoms with E-state index < -0.39 is 10.2 Å². The summed E-state index contributed by atoms with van der Waals surface area (Å²) in [5.74, 6) is -0.319. The first-order chi connectivity index (χ1) is 13.3. The predicted octanol–water partition coefficient (Wildman–Crippen LogP) is 3.00. The highest BCUT2D eigenvalue weighted by molar-refractivity contribution is 7.86. The first-order valence-corrected chi connectivity index (χ1v) is 10.8. The molecule has 0 aromatic heterocycles. The number of aryl methyl sites for hydroxylation is 3. The molecule has 2 aromatic carbocycles. The van der Waals surface area contributed by atoms with Crippen LogP contribution in [0.5, 0.6) is 0 Å². The van der Waals surface area contributed by atoms with E-state index in [9.17, 15) is 13.2 Å². The second-order valence-corrected chi connectivity index (χ2v) is 9.26. The van der Waals surface area contributed by atoms with Crippen LogP contribution in [0.2, 0.25) is 0 Å². The number of carbonyl (C=O) groups excluding carboxylic acids is 1. The van der Waals surface area contributed by atoms with E-state index in [2.05, 4.69) is 5.32 Å². The maximum atomic E-state index is 13.0. The average molecular weight is 402 g/mol. The summed E-state index contributed by atoms with van der Waals surface area (Å²) in [6.45, 7) is 6.84. The van der Waals surface area contributed by atoms with Gasteiger partial charge in [0, 0.05) is 25.3 Å². The molecule has 1 amide bonds. The maximum Gasteiger partial charge on any atom is 0.282 e. The Balaban J connectivity index is 1.70. The molecule has 0 saturated carbocycles. The predicted molar refractivity (Wildman–Crippen MR) is 111 cm³/mol. The Morgan fingerprint density at radius 1 is 1.00 bits per heavy atom. The number of benzene rings is 2. The molecule has 28 heavy (non-hydrogen) atoms. The zero-order valence-corrected chi connectivity index (χ0v) is 17.4. The number of anilines is 1. The van der Waals surface area contributed by atoms with Crippen molar-refractivity contribution in [1.82, 2.24) is 8.61 Å². The number of nitrogens with one attached hydrogen (secondary N) is 1. The van der Waals surface area contributed by atoms with Crippen LogP contribution in [0, 0.1) is 20.8 Å². The van der Waals surface area contributed by atoms with E-state index in [1.54, 1.807) is 0 Å². The molecule has 0 atom stereocenters. The van der Waals surface area contributed by atoms with Crippen LogP contribution in [0.15, 0.2) is 42.5 Å². The minimum Gasteiger partial charge on any atom is -0.324 e. The van der Waals surface area contributed by atoms with E-state index in [0.717, 1.165) is 27.9 Å². The van der Waals surface area contributed by atoms with Gasteiger partial charge >= 0.3 is 0 Å². The molecule has 1 saturated heterocycles. The summed E-state index contributed by atoms with van der Waals surface area (Å²) < 4.78 is 28.6. The van der Waals surface area contributed by atoms with Gasteiger partial charge in [-0.2, -0.15) is 17.0 Å². The van der Waals surface area contributed by atoms with Gasteiger partial charge in [-0.25, -0.2) is 0 Å². The lowest BCUT2D eigenvalue weighted by Crippen LogP contribution is -2.51. The molecule has 7 heteroatoms. The molecule has 1 aliphatic rings. The van der Waals surface area contributed by atoms with Crippen LogP contribution in [0.3, 0.4) is 0 Å². The molecule has 0 spiro atoms. The largest absolute Gasteiger partial charge is 0.324 e. The van der Waals surface area contributed by atoms with Crippen molar-refractivity contribution in [2.75, 3.05) is 25.0 Å². The van der Waals surface area contributed by atoms with Crippen molar-refractivity contribution in [2.45, 2.75) is 33.7 Å². The maximum absolute atomic E-state index is 13.0. The van der Waals surface area contributed by atoms with E-state index in [1.165, 1.54) is 8.61 Å². The van der Waals surface area contributed by atoms with Crippen LogP contribution < -0.4 is 5.32 Å². The number of hydrogen-bond donors (Lipinski definition) is 1. The fourth-order valence-corrected chi connectivity index (χ4v) is 5.28. The SMILES string of the molecule is Cc1cc(C)c(NC(=O)CN2CCCN(Cc3ccccc3)S2(=O)=O)c(C)c1. The van der Waals surface area contributed by atoms with E-state index in [4.69, 9.17) is 0 Å². The molecule has 3 rings (SSSR count). The topological polar surface area (TPSA) is 69.7 Å². The molecule has 0 bridgehead atoms. The summed E-state index contributed by atoms with van der Waals surface area (Å²) in [6.07, 6.45) is 0.696. The summed E-state index contributed by atoms with van der Waals surface area (Å²) in [6, 6.07) is 13.5. The van der Waals surface area contributed by atoms with E-state index in [1.807, 2.05) is 63.2 Å². The molecular formula is C21H27N3O3S. The second kappa shape index (κ2) is 8.43. The van der Waals surface area contributed by atoms with Crippen LogP contribution in [-0.2, 0) is 21.5 Å². The highest BCUT2D eigenvalue weighted by Crippen LogP contribution is 2.23. The number of rotatable bonds is 5. The monoisotopic (exact) mass is 401 g/mol. The standard InChI is InChI=1S/C21H27N3O3S/c1-16-12-17(2)21(18(3)13-16)22-20(25)15-24-11-7-10-23(28(24,26)27)14-19-8-5-4-6-9-19/h4-6,8-9,12-13H,7,10-11,14-15H2,1-3H3,(H,22,25). The lowest BCUT2D eigenvalue weighted by Gasteiger charge is -2.34. The van der Waals surface area contributed by atoms with Gasteiger partial charge in [0.1, 0.15) is 0 Å². The lowest BCUT2D eigenvalue weighted by molar-refractivity contribution is -0.116. The fraction of sp³-hybridized carbons (Fsp3) is 0.381. The third-order valence-corrected chi connectivity index (χ3v) is 6.86. The van der Waals surface area contributed by atoms with Gasteiger partial charge in [-0.05, 0) is 43.9 Å². The normalized spacial score (nSPS) is 17.4. The quantitative estimate of drug-likeness (QED) is 0.837. The van der Waals surface area contributed by atoms with Gasteiger partial charge in [-0.3, -0.25) is 4.79 Å². The summed E-state index contributed by atoms with van der Waals surface area (Å²) in [4.78, 5) is 12.6. The Morgan fingerprint density at radius 2 is 1.61 bits per heavy atom. The van der Waals surface area contributed by atoms with Gasteiger partial charge in [0.15, 0.2) is 0 Å². The smallest absolute Gasteiger partial charge is 0.282 e. The second-order valence-electron chi connectivity index (χ2n) is 7.34. The van der Waals surface area contributed by atoms with Crippen molar-refractivity contribution < 1.29 is 13.2 Å². The molecule has 1 aliphatic heterocycles. The highest BCUT2D eigenvalue weighted by atomic mass is 32.2. The molecule has 0 unspecified atom stereocenters. The van der Waals surface area contributed by atoms with E-state index >= 15 is 0 Å². The summed E-state index contributed by atoms with van der Waals surface area (Å²) in [5, 5.41) is 2.89. The van der Waals surface area contributed by atoms with Gasteiger partial charge < -0.3 is 5.32 Å². The van der Waals surface area contributed by atoms with Crippen molar-refractivity contribution in [3.8, 4) is 0 Å². The molecule has 1 fully saturated rings. The molecule has 1 heterocycles. The van der Waals surface area contributed by atoms with Crippen molar-refractivity contribution in [3.05, 3.63) is 64.7 Å². The third-order valence-electron chi connectivity index (χ3n) is 4.93. The highest BCUT2D eigenvalue weighted by Gasteiger charge is 2.34. The van der Waals surface area contributed by atoms with Gasteiger partial charge in [0.25, 0.3) is 10.2 Å². The van der Waals surface area contributed by atoms with E-state index in [0.29, 0.717) is 26.1 Å². The van der Waals surface area contributed by atoms with Crippen LogP contribution in [0.4, 0.5) is 5.69 Å². The van der Waals surface area contributed by atoms with Crippen molar-refractivity contribution in [1.29, 1.82) is 0 Å². The average Bonchev–Trinajstić information content (AvgIpc) is 2.62. The van der Waals surface area contributed by atoms with Crippen molar-refractivity contribution in [3.63, 3.8) is 0 Å². The Hall–Kier alpha value is -2.22. The Bertz CT molecular complexity index is 935. The molecule has 150 valence electrons. The van der Waals surface area contributed by atoms with Gasteiger partial charge in [0.2, 0.25) is 5.91 Å². The Kier molecular flexibility index (Phi) is 6.17. The van der Waals surface area contributed by atoms with Crippen LogP contribution in [0.1, 0.15) is 28.7 Å². The fourth-order valence-electron chi connectivity index (χ4n) is 3.64. The minimum absolute atomic E-state index is 0.180. The molecule has 1 N–H and O–H groups in total. The Labute approximate surface area is 167 Å².